The smallest absolute Gasteiger partial charge is 0.199 e. The summed E-state index contributed by atoms with van der Waals surface area (Å²) in [6.07, 6.45) is 5.11. The summed E-state index contributed by atoms with van der Waals surface area (Å²) in [4.78, 5) is 5.09. The predicted molar refractivity (Wildman–Crippen MR) is 122 cm³/mol. The minimum atomic E-state index is 0.624. The molecular formula is C24H29N5S. The van der Waals surface area contributed by atoms with Crippen LogP contribution in [0.4, 0.5) is 0 Å². The van der Waals surface area contributed by atoms with E-state index in [2.05, 4.69) is 61.5 Å². The summed E-state index contributed by atoms with van der Waals surface area (Å²) >= 11 is 5.83. The fourth-order valence-electron chi connectivity index (χ4n) is 4.77. The Kier molecular flexibility index (Phi) is 4.74. The van der Waals surface area contributed by atoms with Gasteiger partial charge >= 0.3 is 0 Å². The van der Waals surface area contributed by atoms with Crippen molar-refractivity contribution in [2.75, 3.05) is 26.2 Å². The molecule has 0 bridgehead atoms. The third-order valence-corrected chi connectivity index (χ3v) is 7.23. The van der Waals surface area contributed by atoms with Crippen molar-refractivity contribution in [1.82, 2.24) is 24.1 Å². The lowest BCUT2D eigenvalue weighted by molar-refractivity contribution is 0.0981. The Hall–Kier alpha value is -2.02. The van der Waals surface area contributed by atoms with Crippen molar-refractivity contribution in [2.45, 2.75) is 50.9 Å². The molecule has 0 radical (unpaired) electrons. The predicted octanol–water partition coefficient (Wildman–Crippen LogP) is 4.55. The third-order valence-electron chi connectivity index (χ3n) is 6.82. The molecule has 156 valence electrons. The van der Waals surface area contributed by atoms with E-state index in [0.717, 1.165) is 44.2 Å². The van der Waals surface area contributed by atoms with Crippen LogP contribution in [0.3, 0.4) is 0 Å². The van der Waals surface area contributed by atoms with Crippen LogP contribution in [0.2, 0.25) is 0 Å². The molecule has 0 spiro atoms. The Bertz CT molecular complexity index is 1110. The highest BCUT2D eigenvalue weighted by Crippen LogP contribution is 2.44. The molecule has 6 heteroatoms. The average Bonchev–Trinajstić information content (AvgIpc) is 3.69. The van der Waals surface area contributed by atoms with E-state index >= 15 is 0 Å². The van der Waals surface area contributed by atoms with E-state index in [0.29, 0.717) is 12.0 Å². The molecule has 3 aliphatic rings. The van der Waals surface area contributed by atoms with Gasteiger partial charge in [-0.25, -0.2) is 4.68 Å². The molecule has 5 nitrogen and oxygen atoms in total. The first-order valence-corrected chi connectivity index (χ1v) is 11.8. The number of rotatable bonds is 6. The Labute approximate surface area is 182 Å². The number of aromatic nitrogens is 3. The van der Waals surface area contributed by atoms with Gasteiger partial charge in [0.25, 0.3) is 0 Å². The van der Waals surface area contributed by atoms with Gasteiger partial charge in [-0.15, -0.1) is 0 Å². The molecule has 3 aromatic rings. The Morgan fingerprint density at radius 3 is 2.37 bits per heavy atom. The molecule has 0 atom stereocenters. The molecule has 0 unspecified atom stereocenters. The van der Waals surface area contributed by atoms with E-state index in [-0.39, 0.29) is 0 Å². The van der Waals surface area contributed by atoms with Crippen molar-refractivity contribution >= 4 is 23.0 Å². The summed E-state index contributed by atoms with van der Waals surface area (Å²) in [5.41, 5.74) is 1.43. The van der Waals surface area contributed by atoms with Gasteiger partial charge in [0.05, 0.1) is 6.67 Å². The molecule has 1 aromatic heterocycles. The van der Waals surface area contributed by atoms with Crippen LogP contribution < -0.4 is 0 Å². The van der Waals surface area contributed by atoms with Crippen molar-refractivity contribution in [3.63, 3.8) is 0 Å². The second-order valence-corrected chi connectivity index (χ2v) is 9.55. The normalized spacial score (nSPS) is 20.8. The number of hydrogen-bond acceptors (Lipinski definition) is 4. The Morgan fingerprint density at radius 1 is 0.867 bits per heavy atom. The van der Waals surface area contributed by atoms with Gasteiger partial charge in [-0.2, -0.15) is 5.10 Å². The minimum Gasteiger partial charge on any atom is -0.301 e. The van der Waals surface area contributed by atoms with Crippen LogP contribution in [0.5, 0.6) is 0 Å². The number of piperazine rings is 1. The maximum Gasteiger partial charge on any atom is 0.199 e. The minimum absolute atomic E-state index is 0.624. The zero-order valence-corrected chi connectivity index (χ0v) is 18.2. The molecule has 0 N–H and O–H groups in total. The second kappa shape index (κ2) is 7.59. The number of fused-ring (bicyclic) bond motifs is 1. The molecule has 2 heterocycles. The molecular weight excluding hydrogens is 390 g/mol. The van der Waals surface area contributed by atoms with Crippen molar-refractivity contribution in [3.8, 4) is 0 Å². The van der Waals surface area contributed by atoms with Crippen LogP contribution in [-0.4, -0.2) is 50.3 Å². The number of hydrogen-bond donors (Lipinski definition) is 0. The lowest BCUT2D eigenvalue weighted by atomic mass is 10.0. The van der Waals surface area contributed by atoms with Crippen molar-refractivity contribution < 1.29 is 0 Å². The van der Waals surface area contributed by atoms with E-state index in [1.807, 2.05) is 0 Å². The van der Waals surface area contributed by atoms with E-state index in [1.165, 1.54) is 47.8 Å². The highest BCUT2D eigenvalue weighted by Gasteiger charge is 2.36. The van der Waals surface area contributed by atoms with Crippen molar-refractivity contribution in [3.05, 3.63) is 58.6 Å². The highest BCUT2D eigenvalue weighted by molar-refractivity contribution is 7.71. The van der Waals surface area contributed by atoms with E-state index in [4.69, 9.17) is 17.3 Å². The molecule has 0 amide bonds. The van der Waals surface area contributed by atoms with E-state index in [9.17, 15) is 0 Å². The average molecular weight is 420 g/mol. The largest absolute Gasteiger partial charge is 0.301 e. The van der Waals surface area contributed by atoms with Gasteiger partial charge in [-0.1, -0.05) is 42.5 Å². The molecule has 1 saturated heterocycles. The maximum absolute atomic E-state index is 5.83. The summed E-state index contributed by atoms with van der Waals surface area (Å²) in [6.45, 7) is 6.19. The van der Waals surface area contributed by atoms with Gasteiger partial charge in [0.1, 0.15) is 5.82 Å². The second-order valence-electron chi connectivity index (χ2n) is 9.19. The number of nitrogens with zero attached hydrogens (tertiary/aromatic N) is 5. The molecule has 2 saturated carbocycles. The van der Waals surface area contributed by atoms with Crippen LogP contribution in [0.1, 0.15) is 49.0 Å². The molecule has 1 aliphatic heterocycles. The van der Waals surface area contributed by atoms with E-state index in [1.54, 1.807) is 0 Å². The fraction of sp³-hybridized carbons (Fsp3) is 0.500. The molecule has 2 aliphatic carbocycles. The summed E-state index contributed by atoms with van der Waals surface area (Å²) in [7, 11) is 0. The highest BCUT2D eigenvalue weighted by atomic mass is 32.1. The van der Waals surface area contributed by atoms with Gasteiger partial charge in [-0.05, 0) is 54.2 Å². The standard InChI is InChI=1S/C24H29N5S/c30-24-28(25-23(19-8-9-19)29(24)21-10-11-21)17-27-14-12-26(13-15-27)16-20-6-3-5-18-4-1-2-7-22(18)20/h1-7,19,21H,8-17H2. The first kappa shape index (κ1) is 18.7. The summed E-state index contributed by atoms with van der Waals surface area (Å²) in [6, 6.07) is 16.0. The van der Waals surface area contributed by atoms with Crippen LogP contribution in [0, 0.1) is 4.77 Å². The Balaban J connectivity index is 1.11. The topological polar surface area (TPSA) is 29.2 Å². The summed E-state index contributed by atoms with van der Waals surface area (Å²) in [5, 5.41) is 7.68. The van der Waals surface area contributed by atoms with Gasteiger partial charge in [0.2, 0.25) is 0 Å². The first-order valence-electron chi connectivity index (χ1n) is 11.4. The fourth-order valence-corrected chi connectivity index (χ4v) is 5.12. The molecule has 3 fully saturated rings. The molecule has 30 heavy (non-hydrogen) atoms. The van der Waals surface area contributed by atoms with Crippen LogP contribution >= 0.6 is 12.2 Å². The van der Waals surface area contributed by atoms with E-state index < -0.39 is 0 Å². The summed E-state index contributed by atoms with van der Waals surface area (Å²) < 4.78 is 5.42. The maximum atomic E-state index is 5.83. The number of benzene rings is 2. The molecule has 6 rings (SSSR count). The lowest BCUT2D eigenvalue weighted by Gasteiger charge is -2.34. The van der Waals surface area contributed by atoms with Crippen LogP contribution in [0.15, 0.2) is 42.5 Å². The third kappa shape index (κ3) is 3.61. The zero-order chi connectivity index (χ0) is 20.1. The SMILES string of the molecule is S=c1n(CN2CCN(Cc3cccc4ccccc34)CC2)nc(C2CC2)n1C1CC1. The van der Waals surface area contributed by atoms with Crippen LogP contribution in [0.25, 0.3) is 10.8 Å². The molecule has 2 aromatic carbocycles. The van der Waals surface area contributed by atoms with Gasteiger partial charge in [-0.3, -0.25) is 9.80 Å². The zero-order valence-electron chi connectivity index (χ0n) is 17.4. The quantitative estimate of drug-likeness (QED) is 0.548. The summed E-state index contributed by atoms with van der Waals surface area (Å²) in [5.74, 6) is 1.92. The van der Waals surface area contributed by atoms with Gasteiger partial charge < -0.3 is 4.57 Å². The Morgan fingerprint density at radius 2 is 1.60 bits per heavy atom. The van der Waals surface area contributed by atoms with Crippen LogP contribution in [-0.2, 0) is 13.2 Å². The van der Waals surface area contributed by atoms with Crippen molar-refractivity contribution in [2.24, 2.45) is 0 Å². The lowest BCUT2D eigenvalue weighted by Crippen LogP contribution is -2.46. The first-order chi connectivity index (χ1) is 14.8. The monoisotopic (exact) mass is 419 g/mol. The van der Waals surface area contributed by atoms with Gasteiger partial charge in [0, 0.05) is 44.7 Å². The van der Waals surface area contributed by atoms with Gasteiger partial charge in [0.15, 0.2) is 4.77 Å². The van der Waals surface area contributed by atoms with Crippen molar-refractivity contribution in [1.29, 1.82) is 0 Å².